The zero-order valence-corrected chi connectivity index (χ0v) is 11.9. The van der Waals surface area contributed by atoms with Gasteiger partial charge in [0.15, 0.2) is 0 Å². The lowest BCUT2D eigenvalue weighted by Gasteiger charge is -2.21. The van der Waals surface area contributed by atoms with Gasteiger partial charge < -0.3 is 15.0 Å². The van der Waals surface area contributed by atoms with Gasteiger partial charge in [-0.1, -0.05) is 18.2 Å². The van der Waals surface area contributed by atoms with Gasteiger partial charge in [-0.2, -0.15) is 0 Å². The van der Waals surface area contributed by atoms with Crippen LogP contribution in [0.4, 0.5) is 5.69 Å². The molecule has 0 saturated carbocycles. The van der Waals surface area contributed by atoms with Crippen LogP contribution >= 0.6 is 0 Å². The second-order valence-electron chi connectivity index (χ2n) is 5.00. The number of amides is 1. The summed E-state index contributed by atoms with van der Waals surface area (Å²) in [7, 11) is 3.14. The second-order valence-corrected chi connectivity index (χ2v) is 5.00. The fourth-order valence-electron chi connectivity index (χ4n) is 2.39. The van der Waals surface area contributed by atoms with E-state index in [1.807, 2.05) is 24.3 Å². The molecular weight excluding hydrogens is 256 g/mol. The van der Waals surface area contributed by atoms with E-state index in [9.17, 15) is 9.59 Å². The molecule has 2 rings (SSSR count). The number of rotatable bonds is 5. The number of anilines is 1. The molecule has 1 N–H and O–H groups in total. The van der Waals surface area contributed by atoms with Crippen molar-refractivity contribution in [1.82, 2.24) is 4.90 Å². The average molecular weight is 276 g/mol. The quantitative estimate of drug-likeness (QED) is 0.827. The number of hydrogen-bond donors (Lipinski definition) is 1. The van der Waals surface area contributed by atoms with Gasteiger partial charge in [-0.25, -0.2) is 0 Å². The second kappa shape index (κ2) is 6.41. The van der Waals surface area contributed by atoms with Crippen LogP contribution in [0.2, 0.25) is 0 Å². The highest BCUT2D eigenvalue weighted by Gasteiger charge is 2.28. The van der Waals surface area contributed by atoms with E-state index in [-0.39, 0.29) is 17.9 Å². The molecule has 0 radical (unpaired) electrons. The van der Waals surface area contributed by atoms with Gasteiger partial charge in [-0.3, -0.25) is 9.59 Å². The molecule has 5 nitrogen and oxygen atoms in total. The molecule has 1 heterocycles. The number of carbonyl (C=O) groups excluding carboxylic acids is 2. The molecule has 20 heavy (non-hydrogen) atoms. The zero-order chi connectivity index (χ0) is 14.5. The monoisotopic (exact) mass is 276 g/mol. The summed E-state index contributed by atoms with van der Waals surface area (Å²) < 4.78 is 4.58. The SMILES string of the molecule is COC(=O)CCCN(C)C(=O)C1Cc2ccccc2N1. The van der Waals surface area contributed by atoms with Crippen molar-refractivity contribution in [1.29, 1.82) is 0 Å². The average Bonchev–Trinajstić information content (AvgIpc) is 2.89. The largest absolute Gasteiger partial charge is 0.469 e. The van der Waals surface area contributed by atoms with Gasteiger partial charge in [0.25, 0.3) is 0 Å². The fraction of sp³-hybridized carbons (Fsp3) is 0.467. The smallest absolute Gasteiger partial charge is 0.305 e. The van der Waals surface area contributed by atoms with Crippen LogP contribution in [0.3, 0.4) is 0 Å². The molecule has 0 fully saturated rings. The molecule has 0 spiro atoms. The van der Waals surface area contributed by atoms with E-state index >= 15 is 0 Å². The molecule has 0 aromatic heterocycles. The Labute approximate surface area is 118 Å². The lowest BCUT2D eigenvalue weighted by molar-refractivity contribution is -0.141. The van der Waals surface area contributed by atoms with Gasteiger partial charge in [0.2, 0.25) is 5.91 Å². The Morgan fingerprint density at radius 3 is 2.85 bits per heavy atom. The number of carbonyl (C=O) groups is 2. The summed E-state index contributed by atoms with van der Waals surface area (Å²) in [5.74, 6) is -0.177. The Morgan fingerprint density at radius 2 is 2.15 bits per heavy atom. The maximum atomic E-state index is 12.3. The third kappa shape index (κ3) is 3.29. The van der Waals surface area contributed by atoms with Crippen LogP contribution in [-0.2, 0) is 20.7 Å². The Bertz CT molecular complexity index is 477. The lowest BCUT2D eigenvalue weighted by atomic mass is 10.1. The highest BCUT2D eigenvalue weighted by Crippen LogP contribution is 2.25. The van der Waals surface area contributed by atoms with E-state index in [1.165, 1.54) is 12.7 Å². The Kier molecular flexibility index (Phi) is 4.61. The lowest BCUT2D eigenvalue weighted by Crippen LogP contribution is -2.40. The summed E-state index contributed by atoms with van der Waals surface area (Å²) in [6, 6.07) is 7.76. The van der Waals surface area contributed by atoms with Crippen LogP contribution in [0, 0.1) is 0 Å². The van der Waals surface area contributed by atoms with Crippen molar-refractivity contribution in [2.45, 2.75) is 25.3 Å². The molecular formula is C15H20N2O3. The normalized spacial score (nSPS) is 16.2. The molecule has 0 aliphatic carbocycles. The van der Waals surface area contributed by atoms with Crippen molar-refractivity contribution in [3.8, 4) is 0 Å². The van der Waals surface area contributed by atoms with E-state index in [2.05, 4.69) is 10.1 Å². The number of para-hydroxylation sites is 1. The molecule has 108 valence electrons. The van der Waals surface area contributed by atoms with E-state index in [0.29, 0.717) is 19.4 Å². The molecule has 1 aromatic carbocycles. The van der Waals surface area contributed by atoms with Crippen molar-refractivity contribution in [2.75, 3.05) is 26.0 Å². The molecule has 1 unspecified atom stereocenters. The summed E-state index contributed by atoms with van der Waals surface area (Å²) in [5.41, 5.74) is 2.21. The third-order valence-electron chi connectivity index (χ3n) is 3.55. The predicted molar refractivity (Wildman–Crippen MR) is 76.4 cm³/mol. The number of likely N-dealkylation sites (N-methyl/N-ethyl adjacent to an activating group) is 1. The number of fused-ring (bicyclic) bond motifs is 1. The first-order chi connectivity index (χ1) is 9.61. The molecule has 0 bridgehead atoms. The summed E-state index contributed by atoms with van der Waals surface area (Å²) in [4.78, 5) is 25.0. The van der Waals surface area contributed by atoms with E-state index in [0.717, 1.165) is 12.1 Å². The number of ether oxygens (including phenoxy) is 1. The van der Waals surface area contributed by atoms with Gasteiger partial charge >= 0.3 is 5.97 Å². The van der Waals surface area contributed by atoms with E-state index in [1.54, 1.807) is 11.9 Å². The molecule has 1 aliphatic heterocycles. The first-order valence-electron chi connectivity index (χ1n) is 6.78. The van der Waals surface area contributed by atoms with Crippen LogP contribution in [0.15, 0.2) is 24.3 Å². The van der Waals surface area contributed by atoms with Gasteiger partial charge in [0.05, 0.1) is 7.11 Å². The minimum Gasteiger partial charge on any atom is -0.469 e. The molecule has 5 heteroatoms. The Morgan fingerprint density at radius 1 is 1.40 bits per heavy atom. The van der Waals surface area contributed by atoms with Crippen LogP contribution in [-0.4, -0.2) is 43.5 Å². The van der Waals surface area contributed by atoms with Crippen molar-refractivity contribution in [3.63, 3.8) is 0 Å². The van der Waals surface area contributed by atoms with Crippen LogP contribution in [0.25, 0.3) is 0 Å². The maximum Gasteiger partial charge on any atom is 0.305 e. The van der Waals surface area contributed by atoms with Crippen molar-refractivity contribution in [3.05, 3.63) is 29.8 Å². The third-order valence-corrected chi connectivity index (χ3v) is 3.55. The molecule has 1 aromatic rings. The number of methoxy groups -OCH3 is 1. The summed E-state index contributed by atoms with van der Waals surface area (Å²) in [5, 5.41) is 3.24. The highest BCUT2D eigenvalue weighted by molar-refractivity contribution is 5.87. The molecule has 0 saturated heterocycles. The molecule has 1 amide bonds. The number of hydrogen-bond acceptors (Lipinski definition) is 4. The number of benzene rings is 1. The minimum absolute atomic E-state index is 0.0612. The van der Waals surface area contributed by atoms with E-state index < -0.39 is 0 Å². The predicted octanol–water partition coefficient (Wildman–Crippen LogP) is 1.43. The summed E-state index contributed by atoms with van der Waals surface area (Å²) in [6.45, 7) is 0.558. The Hall–Kier alpha value is -2.04. The van der Waals surface area contributed by atoms with Crippen LogP contribution in [0.1, 0.15) is 18.4 Å². The zero-order valence-electron chi connectivity index (χ0n) is 11.9. The molecule has 1 atom stereocenters. The minimum atomic E-state index is -0.239. The molecule has 1 aliphatic rings. The first-order valence-corrected chi connectivity index (χ1v) is 6.78. The Balaban J connectivity index is 1.82. The van der Waals surface area contributed by atoms with Gasteiger partial charge in [0.1, 0.15) is 6.04 Å². The number of nitrogens with zero attached hydrogens (tertiary/aromatic N) is 1. The van der Waals surface area contributed by atoms with Crippen molar-refractivity contribution in [2.24, 2.45) is 0 Å². The van der Waals surface area contributed by atoms with E-state index in [4.69, 9.17) is 0 Å². The number of nitrogens with one attached hydrogen (secondary N) is 1. The van der Waals surface area contributed by atoms with Crippen LogP contribution < -0.4 is 5.32 Å². The summed E-state index contributed by atoms with van der Waals surface area (Å²) >= 11 is 0. The van der Waals surface area contributed by atoms with Gasteiger partial charge in [-0.05, 0) is 18.1 Å². The first kappa shape index (κ1) is 14.4. The number of esters is 1. The van der Waals surface area contributed by atoms with Gasteiger partial charge in [-0.15, -0.1) is 0 Å². The van der Waals surface area contributed by atoms with Crippen LogP contribution in [0.5, 0.6) is 0 Å². The fourth-order valence-corrected chi connectivity index (χ4v) is 2.39. The van der Waals surface area contributed by atoms with Gasteiger partial charge in [0, 0.05) is 32.1 Å². The topological polar surface area (TPSA) is 58.6 Å². The summed E-state index contributed by atoms with van der Waals surface area (Å²) in [6.07, 6.45) is 1.68. The standard InChI is InChI=1S/C15H20N2O3/c1-17(9-5-8-14(18)20-2)15(19)13-10-11-6-3-4-7-12(11)16-13/h3-4,6-7,13,16H,5,8-10H2,1-2H3. The highest BCUT2D eigenvalue weighted by atomic mass is 16.5. The van der Waals surface area contributed by atoms with Crippen molar-refractivity contribution >= 4 is 17.6 Å². The maximum absolute atomic E-state index is 12.3. The van der Waals surface area contributed by atoms with Crippen molar-refractivity contribution < 1.29 is 14.3 Å².